The molecule has 2 N–H and O–H groups in total. The van der Waals surface area contributed by atoms with Gasteiger partial charge in [-0.15, -0.1) is 0 Å². The number of nitrogens with zero attached hydrogens (tertiary/aromatic N) is 1. The highest BCUT2D eigenvalue weighted by Crippen LogP contribution is 2.17. The van der Waals surface area contributed by atoms with Gasteiger partial charge >= 0.3 is 0 Å². The Balaban J connectivity index is 2.17. The smallest absolute Gasteiger partial charge is 0.255 e. The van der Waals surface area contributed by atoms with Crippen molar-refractivity contribution < 1.29 is 4.79 Å². The second-order valence-electron chi connectivity index (χ2n) is 4.77. The van der Waals surface area contributed by atoms with Gasteiger partial charge in [0.05, 0.1) is 11.9 Å². The molecular weight excluding hydrogens is 250 g/mol. The van der Waals surface area contributed by atoms with Gasteiger partial charge in [0, 0.05) is 24.0 Å². The Hall–Kier alpha value is -2.36. The summed E-state index contributed by atoms with van der Waals surface area (Å²) in [5.41, 5.74) is 4.38. The van der Waals surface area contributed by atoms with Crippen LogP contribution in [-0.2, 0) is 0 Å². The number of carbonyl (C=O) groups is 1. The summed E-state index contributed by atoms with van der Waals surface area (Å²) in [6, 6.07) is 7.63. The van der Waals surface area contributed by atoms with E-state index in [-0.39, 0.29) is 5.91 Å². The van der Waals surface area contributed by atoms with Crippen molar-refractivity contribution in [3.8, 4) is 0 Å². The summed E-state index contributed by atoms with van der Waals surface area (Å²) in [6.07, 6.45) is 3.40. The van der Waals surface area contributed by atoms with Gasteiger partial charge in [-0.2, -0.15) is 0 Å². The summed E-state index contributed by atoms with van der Waals surface area (Å²) >= 11 is 0. The predicted octanol–water partition coefficient (Wildman–Crippen LogP) is 3.38. The second-order valence-corrected chi connectivity index (χ2v) is 4.77. The molecule has 20 heavy (non-hydrogen) atoms. The van der Waals surface area contributed by atoms with Crippen molar-refractivity contribution >= 4 is 17.3 Å². The average Bonchev–Trinajstić information content (AvgIpc) is 2.39. The quantitative estimate of drug-likeness (QED) is 0.894. The molecule has 0 atom stereocenters. The Kier molecular flexibility index (Phi) is 4.35. The van der Waals surface area contributed by atoms with E-state index in [1.807, 2.05) is 45.0 Å². The maximum absolute atomic E-state index is 12.3. The van der Waals surface area contributed by atoms with Crippen molar-refractivity contribution in [3.05, 3.63) is 53.3 Å². The molecule has 1 heterocycles. The van der Waals surface area contributed by atoms with Gasteiger partial charge in [0.2, 0.25) is 0 Å². The molecule has 0 aliphatic heterocycles. The Bertz CT molecular complexity index is 623. The van der Waals surface area contributed by atoms with Crippen molar-refractivity contribution in [1.82, 2.24) is 4.98 Å². The summed E-state index contributed by atoms with van der Waals surface area (Å²) in [4.78, 5) is 16.3. The van der Waals surface area contributed by atoms with E-state index in [1.54, 1.807) is 12.4 Å². The lowest BCUT2D eigenvalue weighted by Crippen LogP contribution is -2.14. The molecule has 104 valence electrons. The number of aromatic nitrogens is 1. The fraction of sp³-hybridized carbons (Fsp3) is 0.250. The summed E-state index contributed by atoms with van der Waals surface area (Å²) in [7, 11) is 0. The fourth-order valence-corrected chi connectivity index (χ4v) is 2.05. The van der Waals surface area contributed by atoms with Crippen LogP contribution >= 0.6 is 0 Å². The molecule has 0 aliphatic rings. The molecule has 0 aliphatic carbocycles. The van der Waals surface area contributed by atoms with Gasteiger partial charge < -0.3 is 10.6 Å². The molecule has 1 aromatic carbocycles. The first kappa shape index (κ1) is 14.1. The van der Waals surface area contributed by atoms with Crippen molar-refractivity contribution in [2.24, 2.45) is 0 Å². The largest absolute Gasteiger partial charge is 0.385 e. The highest BCUT2D eigenvalue weighted by atomic mass is 16.1. The number of benzene rings is 1. The van der Waals surface area contributed by atoms with Crippen LogP contribution in [0.25, 0.3) is 0 Å². The van der Waals surface area contributed by atoms with Crippen LogP contribution in [0.4, 0.5) is 11.4 Å². The molecular formula is C16H19N3O. The molecule has 4 nitrogen and oxygen atoms in total. The minimum atomic E-state index is -0.113. The molecule has 0 saturated heterocycles. The Morgan fingerprint density at radius 3 is 2.60 bits per heavy atom. The zero-order valence-corrected chi connectivity index (χ0v) is 12.0. The summed E-state index contributed by atoms with van der Waals surface area (Å²) in [6.45, 7) is 6.78. The number of rotatable bonds is 4. The highest BCUT2D eigenvalue weighted by molar-refractivity contribution is 6.05. The van der Waals surface area contributed by atoms with Gasteiger partial charge in [-0.05, 0) is 56.2 Å². The zero-order valence-electron chi connectivity index (χ0n) is 12.0. The molecule has 0 spiro atoms. The van der Waals surface area contributed by atoms with Gasteiger partial charge in [-0.25, -0.2) is 0 Å². The van der Waals surface area contributed by atoms with E-state index < -0.39 is 0 Å². The fourth-order valence-electron chi connectivity index (χ4n) is 2.05. The standard InChI is InChI=1S/C16H19N3O/c1-4-18-13-5-6-15(12(3)8-13)16(20)19-14-7-11(2)9-17-10-14/h5-10,18H,4H2,1-3H3,(H,19,20). The zero-order chi connectivity index (χ0) is 14.5. The lowest BCUT2D eigenvalue weighted by atomic mass is 10.1. The number of anilines is 2. The Labute approximate surface area is 119 Å². The van der Waals surface area contributed by atoms with Crippen LogP contribution in [-0.4, -0.2) is 17.4 Å². The lowest BCUT2D eigenvalue weighted by Gasteiger charge is -2.10. The molecule has 0 fully saturated rings. The van der Waals surface area contributed by atoms with Gasteiger partial charge in [0.25, 0.3) is 5.91 Å². The van der Waals surface area contributed by atoms with Gasteiger partial charge in [-0.3, -0.25) is 9.78 Å². The number of carbonyl (C=O) groups excluding carboxylic acids is 1. The third-order valence-electron chi connectivity index (χ3n) is 2.98. The van der Waals surface area contributed by atoms with Crippen LogP contribution < -0.4 is 10.6 Å². The molecule has 2 aromatic rings. The number of nitrogens with one attached hydrogen (secondary N) is 2. The highest BCUT2D eigenvalue weighted by Gasteiger charge is 2.10. The molecule has 0 unspecified atom stereocenters. The van der Waals surface area contributed by atoms with E-state index in [1.165, 1.54) is 0 Å². The SMILES string of the molecule is CCNc1ccc(C(=O)Nc2cncc(C)c2)c(C)c1. The molecule has 0 saturated carbocycles. The first-order chi connectivity index (χ1) is 9.60. The second kappa shape index (κ2) is 6.19. The first-order valence-electron chi connectivity index (χ1n) is 6.67. The summed E-state index contributed by atoms with van der Waals surface area (Å²) in [5, 5.41) is 6.10. The number of hydrogen-bond donors (Lipinski definition) is 2. The van der Waals surface area contributed by atoms with Gasteiger partial charge in [0.15, 0.2) is 0 Å². The number of hydrogen-bond acceptors (Lipinski definition) is 3. The monoisotopic (exact) mass is 269 g/mol. The Morgan fingerprint density at radius 2 is 1.95 bits per heavy atom. The minimum Gasteiger partial charge on any atom is -0.385 e. The van der Waals surface area contributed by atoms with Gasteiger partial charge in [0.1, 0.15) is 0 Å². The van der Waals surface area contributed by atoms with Crippen LogP contribution in [0.5, 0.6) is 0 Å². The van der Waals surface area contributed by atoms with Crippen molar-refractivity contribution in [3.63, 3.8) is 0 Å². The molecule has 4 heteroatoms. The molecule has 1 aromatic heterocycles. The van der Waals surface area contributed by atoms with E-state index in [0.29, 0.717) is 11.3 Å². The third kappa shape index (κ3) is 3.35. The topological polar surface area (TPSA) is 54.0 Å². The molecule has 1 amide bonds. The van der Waals surface area contributed by atoms with Gasteiger partial charge in [-0.1, -0.05) is 0 Å². The van der Waals surface area contributed by atoms with E-state index in [0.717, 1.165) is 23.4 Å². The molecule has 2 rings (SSSR count). The van der Waals surface area contributed by atoms with E-state index in [4.69, 9.17) is 0 Å². The number of amides is 1. The number of pyridine rings is 1. The summed E-state index contributed by atoms with van der Waals surface area (Å²) < 4.78 is 0. The average molecular weight is 269 g/mol. The third-order valence-corrected chi connectivity index (χ3v) is 2.98. The predicted molar refractivity (Wildman–Crippen MR) is 82.3 cm³/mol. The normalized spacial score (nSPS) is 10.2. The maximum Gasteiger partial charge on any atom is 0.255 e. The summed E-state index contributed by atoms with van der Waals surface area (Å²) in [5.74, 6) is -0.113. The minimum absolute atomic E-state index is 0.113. The van der Waals surface area contributed by atoms with Crippen LogP contribution in [0.1, 0.15) is 28.4 Å². The number of aryl methyl sites for hydroxylation is 2. The first-order valence-corrected chi connectivity index (χ1v) is 6.67. The van der Waals surface area contributed by atoms with Crippen molar-refractivity contribution in [2.75, 3.05) is 17.2 Å². The van der Waals surface area contributed by atoms with Crippen molar-refractivity contribution in [1.29, 1.82) is 0 Å². The molecule has 0 bridgehead atoms. The molecule has 0 radical (unpaired) electrons. The lowest BCUT2D eigenvalue weighted by molar-refractivity contribution is 0.102. The Morgan fingerprint density at radius 1 is 1.15 bits per heavy atom. The van der Waals surface area contributed by atoms with E-state index >= 15 is 0 Å². The van der Waals surface area contributed by atoms with Crippen LogP contribution in [0.15, 0.2) is 36.7 Å². The van der Waals surface area contributed by atoms with Crippen LogP contribution in [0.2, 0.25) is 0 Å². The van der Waals surface area contributed by atoms with E-state index in [9.17, 15) is 4.79 Å². The van der Waals surface area contributed by atoms with Crippen molar-refractivity contribution in [2.45, 2.75) is 20.8 Å². The maximum atomic E-state index is 12.3. The van der Waals surface area contributed by atoms with E-state index in [2.05, 4.69) is 15.6 Å². The van der Waals surface area contributed by atoms with Crippen LogP contribution in [0, 0.1) is 13.8 Å². The van der Waals surface area contributed by atoms with Crippen LogP contribution in [0.3, 0.4) is 0 Å².